The van der Waals surface area contributed by atoms with Crippen molar-refractivity contribution >= 4 is 37.4 Å². The van der Waals surface area contributed by atoms with Crippen LogP contribution in [0.1, 0.15) is 12.0 Å². The maximum atomic E-state index is 11.8. The standard InChI is InChI=1S/C10H12BrClO2S/c1-8-7-9(3-4-10(8)12)15(13,14)6-2-5-11/h3-4,7H,2,5-6H2,1H3. The van der Waals surface area contributed by atoms with Gasteiger partial charge in [0, 0.05) is 10.4 Å². The Balaban J connectivity index is 3.00. The van der Waals surface area contributed by atoms with Gasteiger partial charge in [-0.25, -0.2) is 8.42 Å². The van der Waals surface area contributed by atoms with E-state index in [1.807, 2.05) is 0 Å². The molecule has 2 nitrogen and oxygen atoms in total. The van der Waals surface area contributed by atoms with Crippen molar-refractivity contribution in [1.29, 1.82) is 0 Å². The summed E-state index contributed by atoms with van der Waals surface area (Å²) in [6.45, 7) is 1.80. The number of halogens is 2. The molecule has 0 aliphatic carbocycles. The number of hydrogen-bond acceptors (Lipinski definition) is 2. The minimum atomic E-state index is -3.15. The van der Waals surface area contributed by atoms with Crippen LogP contribution in [-0.4, -0.2) is 19.5 Å². The molecule has 1 aromatic carbocycles. The summed E-state index contributed by atoms with van der Waals surface area (Å²) in [6, 6.07) is 4.79. The van der Waals surface area contributed by atoms with E-state index in [4.69, 9.17) is 11.6 Å². The molecule has 0 fully saturated rings. The van der Waals surface area contributed by atoms with Gasteiger partial charge in [-0.3, -0.25) is 0 Å². The van der Waals surface area contributed by atoms with Gasteiger partial charge in [-0.1, -0.05) is 27.5 Å². The second-order valence-corrected chi connectivity index (χ2v) is 6.58. The summed E-state index contributed by atoms with van der Waals surface area (Å²) < 4.78 is 23.6. The van der Waals surface area contributed by atoms with E-state index in [9.17, 15) is 8.42 Å². The first-order valence-corrected chi connectivity index (χ1v) is 7.67. The second-order valence-electron chi connectivity index (χ2n) is 3.27. The third-order valence-corrected chi connectivity index (χ3v) is 4.82. The molecule has 1 aromatic rings. The smallest absolute Gasteiger partial charge is 0.178 e. The highest BCUT2D eigenvalue weighted by molar-refractivity contribution is 9.09. The van der Waals surface area contributed by atoms with Crippen molar-refractivity contribution in [1.82, 2.24) is 0 Å². The van der Waals surface area contributed by atoms with E-state index in [0.717, 1.165) is 5.56 Å². The number of rotatable bonds is 4. The Morgan fingerprint density at radius 2 is 2.07 bits per heavy atom. The highest BCUT2D eigenvalue weighted by Crippen LogP contribution is 2.20. The first-order valence-electron chi connectivity index (χ1n) is 4.52. The van der Waals surface area contributed by atoms with Crippen LogP contribution < -0.4 is 0 Å². The molecule has 0 unspecified atom stereocenters. The number of aryl methyl sites for hydroxylation is 1. The van der Waals surface area contributed by atoms with Crippen LogP contribution in [0.4, 0.5) is 0 Å². The number of alkyl halides is 1. The van der Waals surface area contributed by atoms with E-state index in [1.165, 1.54) is 0 Å². The molecule has 0 atom stereocenters. The molecule has 0 N–H and O–H groups in total. The Kier molecular flexibility index (Phi) is 4.62. The average Bonchev–Trinajstić information content (AvgIpc) is 2.19. The fraction of sp³-hybridized carbons (Fsp3) is 0.400. The maximum Gasteiger partial charge on any atom is 0.178 e. The molecule has 0 saturated heterocycles. The normalized spacial score (nSPS) is 11.7. The highest BCUT2D eigenvalue weighted by atomic mass is 79.9. The number of hydrogen-bond donors (Lipinski definition) is 0. The zero-order valence-electron chi connectivity index (χ0n) is 8.33. The first kappa shape index (κ1) is 13.0. The van der Waals surface area contributed by atoms with Gasteiger partial charge < -0.3 is 0 Å². The molecule has 0 aromatic heterocycles. The van der Waals surface area contributed by atoms with Gasteiger partial charge in [0.1, 0.15) is 0 Å². The van der Waals surface area contributed by atoms with Crippen molar-refractivity contribution in [3.63, 3.8) is 0 Å². The summed E-state index contributed by atoms with van der Waals surface area (Å²) in [5.41, 5.74) is 0.789. The SMILES string of the molecule is Cc1cc(S(=O)(=O)CCCBr)ccc1Cl. The van der Waals surface area contributed by atoms with Gasteiger partial charge >= 0.3 is 0 Å². The maximum absolute atomic E-state index is 11.8. The molecule has 15 heavy (non-hydrogen) atoms. The van der Waals surface area contributed by atoms with Crippen LogP contribution in [-0.2, 0) is 9.84 Å². The van der Waals surface area contributed by atoms with Crippen molar-refractivity contribution < 1.29 is 8.42 Å². The molecular weight excluding hydrogens is 300 g/mol. The lowest BCUT2D eigenvalue weighted by Crippen LogP contribution is -2.07. The Morgan fingerprint density at radius 3 is 2.60 bits per heavy atom. The van der Waals surface area contributed by atoms with Crippen molar-refractivity contribution in [3.8, 4) is 0 Å². The van der Waals surface area contributed by atoms with Crippen LogP contribution in [0.25, 0.3) is 0 Å². The summed E-state index contributed by atoms with van der Waals surface area (Å²) in [7, 11) is -3.15. The number of sulfone groups is 1. The van der Waals surface area contributed by atoms with Gasteiger partial charge in [0.05, 0.1) is 10.6 Å². The van der Waals surface area contributed by atoms with E-state index >= 15 is 0 Å². The van der Waals surface area contributed by atoms with E-state index in [0.29, 0.717) is 21.7 Å². The van der Waals surface area contributed by atoms with Crippen LogP contribution in [0.3, 0.4) is 0 Å². The van der Waals surface area contributed by atoms with Crippen LogP contribution >= 0.6 is 27.5 Å². The molecule has 0 radical (unpaired) electrons. The Bertz CT molecular complexity index is 443. The third-order valence-electron chi connectivity index (χ3n) is 2.04. The molecule has 0 saturated carbocycles. The van der Waals surface area contributed by atoms with Crippen molar-refractivity contribution in [2.75, 3.05) is 11.1 Å². The Morgan fingerprint density at radius 1 is 1.40 bits per heavy atom. The van der Waals surface area contributed by atoms with Crippen molar-refractivity contribution in [2.45, 2.75) is 18.2 Å². The van der Waals surface area contributed by atoms with E-state index in [-0.39, 0.29) is 5.75 Å². The van der Waals surface area contributed by atoms with Crippen molar-refractivity contribution in [3.05, 3.63) is 28.8 Å². The van der Waals surface area contributed by atoms with Gasteiger partial charge in [-0.15, -0.1) is 0 Å². The molecule has 0 spiro atoms. The van der Waals surface area contributed by atoms with Gasteiger partial charge in [0.15, 0.2) is 9.84 Å². The van der Waals surface area contributed by atoms with Crippen LogP contribution in [0.5, 0.6) is 0 Å². The fourth-order valence-electron chi connectivity index (χ4n) is 1.17. The predicted molar refractivity (Wildman–Crippen MR) is 66.7 cm³/mol. The summed E-state index contributed by atoms with van der Waals surface area (Å²) >= 11 is 9.05. The lowest BCUT2D eigenvalue weighted by molar-refractivity contribution is 0.595. The Hall–Kier alpha value is -0.0600. The van der Waals surface area contributed by atoms with Crippen LogP contribution in [0.15, 0.2) is 23.1 Å². The Labute approximate surface area is 104 Å². The zero-order chi connectivity index (χ0) is 11.5. The number of benzene rings is 1. The van der Waals surface area contributed by atoms with Gasteiger partial charge in [0.25, 0.3) is 0 Å². The van der Waals surface area contributed by atoms with Gasteiger partial charge in [0.2, 0.25) is 0 Å². The summed E-state index contributed by atoms with van der Waals surface area (Å²) in [4.78, 5) is 0.352. The lowest BCUT2D eigenvalue weighted by Gasteiger charge is -2.05. The van der Waals surface area contributed by atoms with E-state index < -0.39 is 9.84 Å². The second kappa shape index (κ2) is 5.32. The van der Waals surface area contributed by atoms with Crippen molar-refractivity contribution in [2.24, 2.45) is 0 Å². The highest BCUT2D eigenvalue weighted by Gasteiger charge is 2.14. The van der Waals surface area contributed by atoms with E-state index in [1.54, 1.807) is 25.1 Å². The van der Waals surface area contributed by atoms with Gasteiger partial charge in [-0.2, -0.15) is 0 Å². The molecule has 1 rings (SSSR count). The van der Waals surface area contributed by atoms with E-state index in [2.05, 4.69) is 15.9 Å². The average molecular weight is 312 g/mol. The van der Waals surface area contributed by atoms with Gasteiger partial charge in [-0.05, 0) is 37.1 Å². The minimum absolute atomic E-state index is 0.166. The largest absolute Gasteiger partial charge is 0.224 e. The molecule has 0 bridgehead atoms. The molecule has 0 aliphatic rings. The monoisotopic (exact) mass is 310 g/mol. The summed E-state index contributed by atoms with van der Waals surface area (Å²) in [6.07, 6.45) is 0.615. The topological polar surface area (TPSA) is 34.1 Å². The molecule has 0 aliphatic heterocycles. The summed E-state index contributed by atoms with van der Waals surface area (Å²) in [5.74, 6) is 0.166. The van der Waals surface area contributed by atoms with Crippen LogP contribution in [0.2, 0.25) is 5.02 Å². The molecule has 5 heteroatoms. The molecule has 0 heterocycles. The minimum Gasteiger partial charge on any atom is -0.224 e. The first-order chi connectivity index (χ1) is 6.97. The quantitative estimate of drug-likeness (QED) is 0.800. The zero-order valence-corrected chi connectivity index (χ0v) is 11.5. The predicted octanol–water partition coefficient (Wildman–Crippen LogP) is 3.21. The molecule has 84 valence electrons. The lowest BCUT2D eigenvalue weighted by atomic mass is 10.2. The van der Waals surface area contributed by atoms with Crippen LogP contribution in [0, 0.1) is 6.92 Å². The fourth-order valence-corrected chi connectivity index (χ4v) is 3.33. The molecular formula is C10H12BrClO2S. The third kappa shape index (κ3) is 3.47. The summed E-state index contributed by atoms with van der Waals surface area (Å²) in [5, 5.41) is 1.29. The molecule has 0 amide bonds.